The van der Waals surface area contributed by atoms with Crippen LogP contribution in [-0.4, -0.2) is 6.61 Å². The van der Waals surface area contributed by atoms with Crippen molar-refractivity contribution in [3.05, 3.63) is 70.4 Å². The Balaban J connectivity index is 2.01. The van der Waals surface area contributed by atoms with Crippen molar-refractivity contribution in [3.63, 3.8) is 0 Å². The molecule has 0 saturated carbocycles. The lowest BCUT2D eigenvalue weighted by Gasteiger charge is -2.14. The molecule has 4 rings (SSSR count). The molecule has 3 heteroatoms. The molecule has 0 N–H and O–H groups in total. The van der Waals surface area contributed by atoms with Crippen LogP contribution in [0.1, 0.15) is 5.56 Å². The molecule has 0 saturated heterocycles. The molecule has 0 fully saturated rings. The van der Waals surface area contributed by atoms with Crippen LogP contribution in [-0.2, 0) is 0 Å². The topological polar surface area (TPSA) is 39.4 Å². The van der Waals surface area contributed by atoms with Crippen molar-refractivity contribution in [2.45, 2.75) is 0 Å². The SMILES string of the molecule is O=c1cc(-c2ccccc2)oc2ccc3c(c12)C=CCO3. The molecule has 21 heavy (non-hydrogen) atoms. The highest BCUT2D eigenvalue weighted by atomic mass is 16.5. The van der Waals surface area contributed by atoms with Gasteiger partial charge in [-0.15, -0.1) is 0 Å². The minimum Gasteiger partial charge on any atom is -0.489 e. The molecule has 102 valence electrons. The Labute approximate surface area is 121 Å². The van der Waals surface area contributed by atoms with Gasteiger partial charge in [-0.3, -0.25) is 4.79 Å². The molecule has 0 spiro atoms. The molecule has 0 bridgehead atoms. The number of hydrogen-bond donors (Lipinski definition) is 0. The lowest BCUT2D eigenvalue weighted by Crippen LogP contribution is -2.07. The van der Waals surface area contributed by atoms with E-state index in [0.29, 0.717) is 23.3 Å². The predicted molar refractivity (Wildman–Crippen MR) is 82.4 cm³/mol. The van der Waals surface area contributed by atoms with Gasteiger partial charge in [-0.1, -0.05) is 36.4 Å². The zero-order valence-electron chi connectivity index (χ0n) is 11.2. The summed E-state index contributed by atoms with van der Waals surface area (Å²) in [5.41, 5.74) is 2.21. The summed E-state index contributed by atoms with van der Waals surface area (Å²) < 4.78 is 11.4. The molecule has 0 atom stereocenters. The first-order chi connectivity index (χ1) is 10.3. The third-order valence-electron chi connectivity index (χ3n) is 3.57. The van der Waals surface area contributed by atoms with Gasteiger partial charge in [0.25, 0.3) is 0 Å². The minimum atomic E-state index is -0.0536. The fourth-order valence-electron chi connectivity index (χ4n) is 2.60. The second-order valence-corrected chi connectivity index (χ2v) is 4.90. The molecule has 0 unspecified atom stereocenters. The van der Waals surface area contributed by atoms with Crippen LogP contribution in [0.3, 0.4) is 0 Å². The van der Waals surface area contributed by atoms with E-state index in [4.69, 9.17) is 9.15 Å². The van der Waals surface area contributed by atoms with Gasteiger partial charge >= 0.3 is 0 Å². The normalized spacial score (nSPS) is 13.0. The van der Waals surface area contributed by atoms with Crippen molar-refractivity contribution in [2.24, 2.45) is 0 Å². The Kier molecular flexibility index (Phi) is 2.64. The van der Waals surface area contributed by atoms with Gasteiger partial charge in [-0.25, -0.2) is 0 Å². The third-order valence-corrected chi connectivity index (χ3v) is 3.57. The highest BCUT2D eigenvalue weighted by Gasteiger charge is 2.15. The third kappa shape index (κ3) is 1.94. The molecule has 0 radical (unpaired) electrons. The molecule has 0 aliphatic carbocycles. The smallest absolute Gasteiger partial charge is 0.194 e. The first kappa shape index (κ1) is 12.0. The second kappa shape index (κ2) is 4.63. The maximum atomic E-state index is 12.5. The van der Waals surface area contributed by atoms with Crippen molar-refractivity contribution in [1.29, 1.82) is 0 Å². The van der Waals surface area contributed by atoms with Crippen LogP contribution in [0.2, 0.25) is 0 Å². The molecule has 0 amide bonds. The van der Waals surface area contributed by atoms with Crippen molar-refractivity contribution in [2.75, 3.05) is 6.61 Å². The van der Waals surface area contributed by atoms with E-state index >= 15 is 0 Å². The average Bonchev–Trinajstić information content (AvgIpc) is 2.55. The molecule has 2 aromatic carbocycles. The van der Waals surface area contributed by atoms with Gasteiger partial charge in [0.05, 0.1) is 5.39 Å². The molecule has 3 aromatic rings. The Morgan fingerprint density at radius 3 is 2.71 bits per heavy atom. The predicted octanol–water partition coefficient (Wildman–Crippen LogP) is 3.87. The largest absolute Gasteiger partial charge is 0.489 e. The highest BCUT2D eigenvalue weighted by molar-refractivity contribution is 5.90. The summed E-state index contributed by atoms with van der Waals surface area (Å²) in [6.45, 7) is 0.534. The van der Waals surface area contributed by atoms with E-state index in [1.807, 2.05) is 48.6 Å². The maximum absolute atomic E-state index is 12.5. The number of ether oxygens (including phenoxy) is 1. The molecule has 1 aromatic heterocycles. The molecule has 3 nitrogen and oxygen atoms in total. The second-order valence-electron chi connectivity index (χ2n) is 4.90. The summed E-state index contributed by atoms with van der Waals surface area (Å²) in [4.78, 5) is 12.5. The first-order valence-corrected chi connectivity index (χ1v) is 6.78. The van der Waals surface area contributed by atoms with Crippen LogP contribution in [0.15, 0.2) is 63.8 Å². The van der Waals surface area contributed by atoms with Crippen LogP contribution < -0.4 is 10.2 Å². The molecular formula is C18H12O3. The molecule has 1 aliphatic rings. The van der Waals surface area contributed by atoms with Crippen LogP contribution in [0, 0.1) is 0 Å². The van der Waals surface area contributed by atoms with E-state index in [2.05, 4.69) is 0 Å². The fraction of sp³-hybridized carbons (Fsp3) is 0.0556. The van der Waals surface area contributed by atoms with Crippen LogP contribution in [0.25, 0.3) is 28.4 Å². The van der Waals surface area contributed by atoms with Gasteiger partial charge < -0.3 is 9.15 Å². The van der Waals surface area contributed by atoms with Gasteiger partial charge in [0.2, 0.25) is 0 Å². The van der Waals surface area contributed by atoms with Gasteiger partial charge in [0.15, 0.2) is 5.43 Å². The van der Waals surface area contributed by atoms with Crippen LogP contribution in [0.5, 0.6) is 5.75 Å². The number of hydrogen-bond acceptors (Lipinski definition) is 3. The summed E-state index contributed by atoms with van der Waals surface area (Å²) >= 11 is 0. The summed E-state index contributed by atoms with van der Waals surface area (Å²) in [5, 5.41) is 0.572. The summed E-state index contributed by atoms with van der Waals surface area (Å²) in [5.74, 6) is 1.30. The zero-order valence-corrected chi connectivity index (χ0v) is 11.2. The Morgan fingerprint density at radius 2 is 1.86 bits per heavy atom. The number of benzene rings is 2. The standard InChI is InChI=1S/C18H12O3/c19-14-11-17(12-5-2-1-3-6-12)21-16-9-8-15-13(18(14)16)7-4-10-20-15/h1-9,11H,10H2. The first-order valence-electron chi connectivity index (χ1n) is 6.78. The number of rotatable bonds is 1. The molecule has 2 heterocycles. The van der Waals surface area contributed by atoms with Crippen LogP contribution >= 0.6 is 0 Å². The molecular weight excluding hydrogens is 264 g/mol. The Hall–Kier alpha value is -2.81. The van der Waals surface area contributed by atoms with Crippen molar-refractivity contribution in [1.82, 2.24) is 0 Å². The quantitative estimate of drug-likeness (QED) is 0.677. The lowest BCUT2D eigenvalue weighted by atomic mass is 10.0. The minimum absolute atomic E-state index is 0.0536. The van der Waals surface area contributed by atoms with Crippen LogP contribution in [0.4, 0.5) is 0 Å². The van der Waals surface area contributed by atoms with E-state index in [9.17, 15) is 4.79 Å². The van der Waals surface area contributed by atoms with Crippen molar-refractivity contribution >= 4 is 17.0 Å². The maximum Gasteiger partial charge on any atom is 0.194 e. The Morgan fingerprint density at radius 1 is 1.00 bits per heavy atom. The highest BCUT2D eigenvalue weighted by Crippen LogP contribution is 2.31. The van der Waals surface area contributed by atoms with Gasteiger partial charge in [0, 0.05) is 17.2 Å². The van der Waals surface area contributed by atoms with E-state index in [1.54, 1.807) is 12.1 Å². The summed E-state index contributed by atoms with van der Waals surface area (Å²) in [7, 11) is 0. The van der Waals surface area contributed by atoms with E-state index in [1.165, 1.54) is 0 Å². The van der Waals surface area contributed by atoms with E-state index in [0.717, 1.165) is 16.9 Å². The van der Waals surface area contributed by atoms with Gasteiger partial charge in [0.1, 0.15) is 23.7 Å². The average molecular weight is 276 g/mol. The summed E-state index contributed by atoms with van der Waals surface area (Å²) in [6.07, 6.45) is 3.81. The molecule has 1 aliphatic heterocycles. The van der Waals surface area contributed by atoms with Crippen molar-refractivity contribution < 1.29 is 9.15 Å². The van der Waals surface area contributed by atoms with Gasteiger partial charge in [-0.05, 0) is 18.2 Å². The monoisotopic (exact) mass is 276 g/mol. The Bertz CT molecular complexity index is 905. The number of fused-ring (bicyclic) bond motifs is 3. The summed E-state index contributed by atoms with van der Waals surface area (Å²) in [6, 6.07) is 14.8. The lowest BCUT2D eigenvalue weighted by molar-refractivity contribution is 0.359. The van der Waals surface area contributed by atoms with Crippen molar-refractivity contribution in [3.8, 4) is 17.1 Å². The van der Waals surface area contributed by atoms with E-state index < -0.39 is 0 Å². The fourth-order valence-corrected chi connectivity index (χ4v) is 2.60. The van der Waals surface area contributed by atoms with Gasteiger partial charge in [-0.2, -0.15) is 0 Å². The zero-order chi connectivity index (χ0) is 14.2. The van der Waals surface area contributed by atoms with E-state index in [-0.39, 0.29) is 5.43 Å².